The Balaban J connectivity index is 1.46. The fraction of sp³-hybridized carbons (Fsp3) is 0.200. The molecule has 0 aliphatic rings. The Labute approximate surface area is 156 Å². The molecule has 136 valence electrons. The second-order valence-corrected chi connectivity index (χ2v) is 6.54. The standard InChI is InChI=1S/C20H20N6O/c1-13-9-14(2)26(25-13)12-15-5-3-6-16(10-15)20(27)22-11-18-17-7-4-8-21-19(17)24-23-18/h3-10H,11-12H2,1-2H3,(H,22,27)(H,21,23,24). The molecule has 0 aliphatic carbocycles. The molecule has 0 spiro atoms. The number of pyridine rings is 1. The maximum absolute atomic E-state index is 12.6. The Bertz CT molecular complexity index is 1110. The quantitative estimate of drug-likeness (QED) is 0.573. The first-order chi connectivity index (χ1) is 13.1. The summed E-state index contributed by atoms with van der Waals surface area (Å²) in [6.45, 7) is 5.00. The number of H-pyrrole nitrogens is 1. The predicted molar refractivity (Wildman–Crippen MR) is 102 cm³/mol. The number of nitrogens with one attached hydrogen (secondary N) is 2. The Morgan fingerprint density at radius 1 is 1.19 bits per heavy atom. The van der Waals surface area contributed by atoms with Gasteiger partial charge in [-0.25, -0.2) is 4.98 Å². The van der Waals surface area contributed by atoms with E-state index in [1.54, 1.807) is 6.20 Å². The topological polar surface area (TPSA) is 88.5 Å². The van der Waals surface area contributed by atoms with E-state index in [1.807, 2.05) is 61.0 Å². The zero-order chi connectivity index (χ0) is 18.8. The highest BCUT2D eigenvalue weighted by molar-refractivity contribution is 5.94. The van der Waals surface area contributed by atoms with Gasteiger partial charge in [-0.05, 0) is 49.7 Å². The number of aryl methyl sites for hydroxylation is 2. The Hall–Kier alpha value is -3.48. The van der Waals surface area contributed by atoms with E-state index < -0.39 is 0 Å². The summed E-state index contributed by atoms with van der Waals surface area (Å²) in [4.78, 5) is 16.8. The number of nitrogens with zero attached hydrogens (tertiary/aromatic N) is 4. The molecule has 3 heterocycles. The molecular formula is C20H20N6O. The molecule has 1 amide bonds. The lowest BCUT2D eigenvalue weighted by molar-refractivity contribution is 0.0950. The van der Waals surface area contributed by atoms with Crippen LogP contribution < -0.4 is 5.32 Å². The van der Waals surface area contributed by atoms with Gasteiger partial charge in [-0.2, -0.15) is 10.2 Å². The van der Waals surface area contributed by atoms with Crippen molar-refractivity contribution in [1.82, 2.24) is 30.3 Å². The van der Waals surface area contributed by atoms with Gasteiger partial charge in [-0.3, -0.25) is 14.6 Å². The third kappa shape index (κ3) is 3.57. The Morgan fingerprint density at radius 2 is 2.07 bits per heavy atom. The van der Waals surface area contributed by atoms with E-state index in [0.29, 0.717) is 24.3 Å². The van der Waals surface area contributed by atoms with Crippen LogP contribution in [0.1, 0.15) is 33.0 Å². The van der Waals surface area contributed by atoms with Crippen molar-refractivity contribution in [3.05, 3.63) is 76.9 Å². The van der Waals surface area contributed by atoms with Gasteiger partial charge >= 0.3 is 0 Å². The van der Waals surface area contributed by atoms with E-state index in [4.69, 9.17) is 0 Å². The van der Waals surface area contributed by atoms with Gasteiger partial charge in [0.25, 0.3) is 5.91 Å². The van der Waals surface area contributed by atoms with Crippen molar-refractivity contribution >= 4 is 16.9 Å². The molecule has 0 saturated carbocycles. The van der Waals surface area contributed by atoms with Crippen LogP contribution in [0.4, 0.5) is 0 Å². The van der Waals surface area contributed by atoms with E-state index in [-0.39, 0.29) is 5.91 Å². The first kappa shape index (κ1) is 17.0. The van der Waals surface area contributed by atoms with Gasteiger partial charge in [-0.1, -0.05) is 12.1 Å². The van der Waals surface area contributed by atoms with Crippen molar-refractivity contribution in [3.63, 3.8) is 0 Å². The highest BCUT2D eigenvalue weighted by Crippen LogP contribution is 2.13. The Kier molecular flexibility index (Phi) is 4.42. The van der Waals surface area contributed by atoms with Gasteiger partial charge < -0.3 is 5.32 Å². The number of carbonyl (C=O) groups excluding carboxylic acids is 1. The van der Waals surface area contributed by atoms with Gasteiger partial charge in [0.05, 0.1) is 24.5 Å². The minimum absolute atomic E-state index is 0.128. The summed E-state index contributed by atoms with van der Waals surface area (Å²) in [5.74, 6) is -0.128. The lowest BCUT2D eigenvalue weighted by Gasteiger charge is -2.08. The number of hydrogen-bond acceptors (Lipinski definition) is 4. The molecule has 0 bridgehead atoms. The second kappa shape index (κ2) is 7.03. The average Bonchev–Trinajstić information content (AvgIpc) is 3.22. The second-order valence-electron chi connectivity index (χ2n) is 6.54. The van der Waals surface area contributed by atoms with Crippen molar-refractivity contribution in [2.24, 2.45) is 0 Å². The van der Waals surface area contributed by atoms with Gasteiger partial charge in [0.1, 0.15) is 0 Å². The van der Waals surface area contributed by atoms with Crippen molar-refractivity contribution in [1.29, 1.82) is 0 Å². The molecule has 7 heteroatoms. The molecule has 0 aliphatic heterocycles. The molecule has 2 N–H and O–H groups in total. The minimum atomic E-state index is -0.128. The van der Waals surface area contributed by atoms with Crippen LogP contribution in [-0.2, 0) is 13.1 Å². The SMILES string of the molecule is Cc1cc(C)n(Cc2cccc(C(=O)NCc3[nH]nc4ncccc34)c2)n1. The number of rotatable bonds is 5. The van der Waals surface area contributed by atoms with Gasteiger partial charge in [0.2, 0.25) is 0 Å². The van der Waals surface area contributed by atoms with Gasteiger partial charge in [0.15, 0.2) is 5.65 Å². The van der Waals surface area contributed by atoms with Gasteiger partial charge in [0, 0.05) is 22.8 Å². The van der Waals surface area contributed by atoms with E-state index in [1.165, 1.54) is 0 Å². The van der Waals surface area contributed by atoms with Crippen LogP contribution >= 0.6 is 0 Å². The fourth-order valence-electron chi connectivity index (χ4n) is 3.13. The van der Waals surface area contributed by atoms with E-state index in [2.05, 4.69) is 25.6 Å². The first-order valence-corrected chi connectivity index (χ1v) is 8.76. The number of fused-ring (bicyclic) bond motifs is 1. The van der Waals surface area contributed by atoms with Crippen molar-refractivity contribution in [2.45, 2.75) is 26.9 Å². The molecule has 0 unspecified atom stereocenters. The zero-order valence-electron chi connectivity index (χ0n) is 15.2. The summed E-state index contributed by atoms with van der Waals surface area (Å²) in [5, 5.41) is 15.4. The first-order valence-electron chi connectivity index (χ1n) is 8.76. The fourth-order valence-corrected chi connectivity index (χ4v) is 3.13. The van der Waals surface area contributed by atoms with Crippen LogP contribution in [0.3, 0.4) is 0 Å². The molecule has 27 heavy (non-hydrogen) atoms. The summed E-state index contributed by atoms with van der Waals surface area (Å²) in [7, 11) is 0. The van der Waals surface area contributed by atoms with Crippen molar-refractivity contribution < 1.29 is 4.79 Å². The zero-order valence-corrected chi connectivity index (χ0v) is 15.2. The highest BCUT2D eigenvalue weighted by Gasteiger charge is 2.10. The molecule has 0 fully saturated rings. The summed E-state index contributed by atoms with van der Waals surface area (Å²) in [6.07, 6.45) is 1.69. The molecular weight excluding hydrogens is 340 g/mol. The number of carbonyl (C=O) groups is 1. The summed E-state index contributed by atoms with van der Waals surface area (Å²) < 4.78 is 1.94. The van der Waals surface area contributed by atoms with Crippen molar-refractivity contribution in [3.8, 4) is 0 Å². The van der Waals surface area contributed by atoms with Crippen LogP contribution in [0.25, 0.3) is 11.0 Å². The minimum Gasteiger partial charge on any atom is -0.346 e. The third-order valence-corrected chi connectivity index (χ3v) is 4.46. The van der Waals surface area contributed by atoms with Gasteiger partial charge in [-0.15, -0.1) is 0 Å². The molecule has 0 atom stereocenters. The van der Waals surface area contributed by atoms with Crippen molar-refractivity contribution in [2.75, 3.05) is 0 Å². The maximum atomic E-state index is 12.6. The monoisotopic (exact) mass is 360 g/mol. The molecule has 4 aromatic rings. The summed E-state index contributed by atoms with van der Waals surface area (Å²) >= 11 is 0. The smallest absolute Gasteiger partial charge is 0.251 e. The normalized spacial score (nSPS) is 11.0. The number of hydrogen-bond donors (Lipinski definition) is 2. The number of benzene rings is 1. The average molecular weight is 360 g/mol. The van der Waals surface area contributed by atoms with Crippen LogP contribution in [0, 0.1) is 13.8 Å². The lowest BCUT2D eigenvalue weighted by atomic mass is 10.1. The number of amides is 1. The highest BCUT2D eigenvalue weighted by atomic mass is 16.1. The predicted octanol–water partition coefficient (Wildman–Crippen LogP) is 2.75. The van der Waals surface area contributed by atoms with E-state index in [0.717, 1.165) is 28.0 Å². The number of aromatic amines is 1. The number of aromatic nitrogens is 5. The third-order valence-electron chi connectivity index (χ3n) is 4.46. The van der Waals surface area contributed by atoms with Crippen LogP contribution in [-0.4, -0.2) is 30.9 Å². The molecule has 1 aromatic carbocycles. The largest absolute Gasteiger partial charge is 0.346 e. The summed E-state index contributed by atoms with van der Waals surface area (Å²) in [6, 6.07) is 13.4. The van der Waals surface area contributed by atoms with Crippen LogP contribution in [0.5, 0.6) is 0 Å². The Morgan fingerprint density at radius 3 is 2.89 bits per heavy atom. The lowest BCUT2D eigenvalue weighted by Crippen LogP contribution is -2.23. The maximum Gasteiger partial charge on any atom is 0.251 e. The van der Waals surface area contributed by atoms with E-state index >= 15 is 0 Å². The molecule has 0 saturated heterocycles. The van der Waals surface area contributed by atoms with E-state index in [9.17, 15) is 4.79 Å². The van der Waals surface area contributed by atoms with Crippen LogP contribution in [0.15, 0.2) is 48.7 Å². The molecule has 4 rings (SSSR count). The van der Waals surface area contributed by atoms with Crippen LogP contribution in [0.2, 0.25) is 0 Å². The molecule has 3 aromatic heterocycles. The summed E-state index contributed by atoms with van der Waals surface area (Å²) in [5.41, 5.74) is 5.23. The molecule has 7 nitrogen and oxygen atoms in total. The molecule has 0 radical (unpaired) electrons.